The molecule has 2 aromatic rings. The van der Waals surface area contributed by atoms with Crippen molar-refractivity contribution >= 4 is 17.4 Å². The minimum Gasteiger partial charge on any atom is -0.495 e. The SMILES string of the molecule is CCCCNc1ccc(C(=O)N2CCN(c3ccccc3OC)CC2)cn1. The van der Waals surface area contributed by atoms with Crippen molar-refractivity contribution in [1.82, 2.24) is 9.88 Å². The third kappa shape index (κ3) is 4.70. The average molecular weight is 368 g/mol. The van der Waals surface area contributed by atoms with Crippen LogP contribution in [0.1, 0.15) is 30.1 Å². The molecule has 6 heteroatoms. The summed E-state index contributed by atoms with van der Waals surface area (Å²) < 4.78 is 5.45. The van der Waals surface area contributed by atoms with E-state index in [4.69, 9.17) is 4.74 Å². The van der Waals surface area contributed by atoms with Crippen LogP contribution in [0.15, 0.2) is 42.6 Å². The van der Waals surface area contributed by atoms with Gasteiger partial charge in [-0.15, -0.1) is 0 Å². The van der Waals surface area contributed by atoms with Crippen molar-refractivity contribution in [2.24, 2.45) is 0 Å². The van der Waals surface area contributed by atoms with Gasteiger partial charge in [0.05, 0.1) is 18.4 Å². The van der Waals surface area contributed by atoms with Gasteiger partial charge in [0, 0.05) is 38.9 Å². The molecule has 1 aromatic heterocycles. The van der Waals surface area contributed by atoms with Crippen LogP contribution >= 0.6 is 0 Å². The number of nitrogens with zero attached hydrogens (tertiary/aromatic N) is 3. The highest BCUT2D eigenvalue weighted by atomic mass is 16.5. The number of aromatic nitrogens is 1. The van der Waals surface area contributed by atoms with E-state index in [0.29, 0.717) is 18.7 Å². The fourth-order valence-corrected chi connectivity index (χ4v) is 3.24. The molecule has 0 radical (unpaired) electrons. The van der Waals surface area contributed by atoms with Crippen molar-refractivity contribution in [2.45, 2.75) is 19.8 Å². The number of unbranched alkanes of at least 4 members (excludes halogenated alkanes) is 1. The van der Waals surface area contributed by atoms with Gasteiger partial charge in [0.1, 0.15) is 11.6 Å². The number of hydrogen-bond acceptors (Lipinski definition) is 5. The largest absolute Gasteiger partial charge is 0.495 e. The maximum absolute atomic E-state index is 12.8. The molecule has 1 N–H and O–H groups in total. The number of methoxy groups -OCH3 is 1. The zero-order valence-corrected chi connectivity index (χ0v) is 16.1. The second-order valence-electron chi connectivity index (χ2n) is 6.66. The number of carbonyl (C=O) groups is 1. The van der Waals surface area contributed by atoms with Crippen molar-refractivity contribution in [1.29, 1.82) is 0 Å². The summed E-state index contributed by atoms with van der Waals surface area (Å²) in [5.74, 6) is 1.73. The number of piperazine rings is 1. The van der Waals surface area contributed by atoms with Crippen molar-refractivity contribution in [3.05, 3.63) is 48.2 Å². The highest BCUT2D eigenvalue weighted by Crippen LogP contribution is 2.28. The summed E-state index contributed by atoms with van der Waals surface area (Å²) in [4.78, 5) is 21.3. The number of amides is 1. The highest BCUT2D eigenvalue weighted by molar-refractivity contribution is 5.94. The van der Waals surface area contributed by atoms with Gasteiger partial charge in [-0.1, -0.05) is 25.5 Å². The van der Waals surface area contributed by atoms with E-state index in [1.54, 1.807) is 13.3 Å². The average Bonchev–Trinajstić information content (AvgIpc) is 2.74. The number of rotatable bonds is 7. The molecule has 0 aliphatic carbocycles. The van der Waals surface area contributed by atoms with E-state index < -0.39 is 0 Å². The van der Waals surface area contributed by atoms with E-state index in [1.165, 1.54) is 0 Å². The van der Waals surface area contributed by atoms with Crippen molar-refractivity contribution in [3.8, 4) is 5.75 Å². The molecule has 0 atom stereocenters. The van der Waals surface area contributed by atoms with Crippen LogP contribution in [0.5, 0.6) is 5.75 Å². The molecule has 1 amide bonds. The lowest BCUT2D eigenvalue weighted by Gasteiger charge is -2.36. The molecule has 1 saturated heterocycles. The summed E-state index contributed by atoms with van der Waals surface area (Å²) in [6.07, 6.45) is 3.92. The van der Waals surface area contributed by atoms with E-state index in [9.17, 15) is 4.79 Å². The molecular formula is C21H28N4O2. The van der Waals surface area contributed by atoms with Gasteiger partial charge in [-0.2, -0.15) is 0 Å². The van der Waals surface area contributed by atoms with Gasteiger partial charge < -0.3 is 19.9 Å². The monoisotopic (exact) mass is 368 g/mol. The van der Waals surface area contributed by atoms with Crippen molar-refractivity contribution in [2.75, 3.05) is 50.1 Å². The topological polar surface area (TPSA) is 57.7 Å². The molecule has 27 heavy (non-hydrogen) atoms. The molecule has 0 unspecified atom stereocenters. The molecule has 0 saturated carbocycles. The third-order valence-electron chi connectivity index (χ3n) is 4.84. The standard InChI is InChI=1S/C21H28N4O2/c1-3-4-11-22-20-10-9-17(16-23-20)21(26)25-14-12-24(13-15-25)18-7-5-6-8-19(18)27-2/h5-10,16H,3-4,11-15H2,1-2H3,(H,22,23). The van der Waals surface area contributed by atoms with E-state index in [0.717, 1.165) is 49.7 Å². The summed E-state index contributed by atoms with van der Waals surface area (Å²) in [6, 6.07) is 11.7. The predicted molar refractivity (Wildman–Crippen MR) is 109 cm³/mol. The van der Waals surface area contributed by atoms with Crippen LogP contribution in [0.25, 0.3) is 0 Å². The van der Waals surface area contributed by atoms with Gasteiger partial charge in [-0.3, -0.25) is 4.79 Å². The van der Waals surface area contributed by atoms with Crippen molar-refractivity contribution < 1.29 is 9.53 Å². The number of nitrogens with one attached hydrogen (secondary N) is 1. The minimum absolute atomic E-state index is 0.0438. The number of pyridine rings is 1. The molecule has 6 nitrogen and oxygen atoms in total. The predicted octanol–water partition coefficient (Wildman–Crippen LogP) is 3.26. The fraction of sp³-hybridized carbons (Fsp3) is 0.429. The number of hydrogen-bond donors (Lipinski definition) is 1. The molecule has 1 aliphatic heterocycles. The smallest absolute Gasteiger partial charge is 0.255 e. The number of ether oxygens (including phenoxy) is 1. The Bertz CT molecular complexity index is 740. The second-order valence-corrected chi connectivity index (χ2v) is 6.66. The number of carbonyl (C=O) groups excluding carboxylic acids is 1. The van der Waals surface area contributed by atoms with Gasteiger partial charge >= 0.3 is 0 Å². The van der Waals surface area contributed by atoms with Gasteiger partial charge in [0.2, 0.25) is 0 Å². The summed E-state index contributed by atoms with van der Waals surface area (Å²) in [5, 5.41) is 3.27. The maximum Gasteiger partial charge on any atom is 0.255 e. The Morgan fingerprint density at radius 2 is 1.93 bits per heavy atom. The van der Waals surface area contributed by atoms with Gasteiger partial charge in [-0.25, -0.2) is 4.98 Å². The summed E-state index contributed by atoms with van der Waals surface area (Å²) in [5.41, 5.74) is 1.72. The Balaban J connectivity index is 1.56. The fourth-order valence-electron chi connectivity index (χ4n) is 3.24. The van der Waals surface area contributed by atoms with E-state index in [2.05, 4.69) is 28.2 Å². The normalized spacial score (nSPS) is 14.1. The number of benzene rings is 1. The van der Waals surface area contributed by atoms with Crippen LogP contribution in [0.2, 0.25) is 0 Å². The first-order valence-corrected chi connectivity index (χ1v) is 9.60. The number of para-hydroxylation sites is 2. The molecule has 1 aromatic carbocycles. The first kappa shape index (κ1) is 19.0. The third-order valence-corrected chi connectivity index (χ3v) is 4.84. The van der Waals surface area contributed by atoms with E-state index >= 15 is 0 Å². The van der Waals surface area contributed by atoms with Crippen LogP contribution in [-0.4, -0.2) is 55.6 Å². The molecule has 2 heterocycles. The van der Waals surface area contributed by atoms with Crippen molar-refractivity contribution in [3.63, 3.8) is 0 Å². The zero-order valence-electron chi connectivity index (χ0n) is 16.1. The van der Waals surface area contributed by atoms with Crippen LogP contribution in [0, 0.1) is 0 Å². The van der Waals surface area contributed by atoms with Gasteiger partial charge in [-0.05, 0) is 30.7 Å². The lowest BCUT2D eigenvalue weighted by Crippen LogP contribution is -2.48. The maximum atomic E-state index is 12.8. The van der Waals surface area contributed by atoms with Gasteiger partial charge in [0.15, 0.2) is 0 Å². The Morgan fingerprint density at radius 3 is 2.59 bits per heavy atom. The van der Waals surface area contributed by atoms with Crippen LogP contribution < -0.4 is 15.0 Å². The molecule has 1 fully saturated rings. The van der Waals surface area contributed by atoms with Crippen LogP contribution in [0.4, 0.5) is 11.5 Å². The second kappa shape index (κ2) is 9.26. The first-order chi connectivity index (χ1) is 13.2. The molecular weight excluding hydrogens is 340 g/mol. The quantitative estimate of drug-likeness (QED) is 0.760. The van der Waals surface area contributed by atoms with E-state index in [1.807, 2.05) is 35.2 Å². The Morgan fingerprint density at radius 1 is 1.15 bits per heavy atom. The zero-order chi connectivity index (χ0) is 19.1. The Hall–Kier alpha value is -2.76. The highest BCUT2D eigenvalue weighted by Gasteiger charge is 2.23. The lowest BCUT2D eigenvalue weighted by molar-refractivity contribution is 0.0746. The summed E-state index contributed by atoms with van der Waals surface area (Å²) >= 11 is 0. The molecule has 0 bridgehead atoms. The summed E-state index contributed by atoms with van der Waals surface area (Å²) in [7, 11) is 1.69. The minimum atomic E-state index is 0.0438. The Kier molecular flexibility index (Phi) is 6.52. The number of anilines is 2. The summed E-state index contributed by atoms with van der Waals surface area (Å²) in [6.45, 7) is 6.01. The molecule has 144 valence electrons. The van der Waals surface area contributed by atoms with Crippen LogP contribution in [0.3, 0.4) is 0 Å². The van der Waals surface area contributed by atoms with Crippen LogP contribution in [-0.2, 0) is 0 Å². The molecule has 3 rings (SSSR count). The Labute approximate surface area is 161 Å². The van der Waals surface area contributed by atoms with Gasteiger partial charge in [0.25, 0.3) is 5.91 Å². The first-order valence-electron chi connectivity index (χ1n) is 9.60. The molecule has 0 spiro atoms. The molecule has 1 aliphatic rings. The van der Waals surface area contributed by atoms with E-state index in [-0.39, 0.29) is 5.91 Å². The lowest BCUT2D eigenvalue weighted by atomic mass is 10.2.